The Labute approximate surface area is 163 Å². The highest BCUT2D eigenvalue weighted by molar-refractivity contribution is 5.95. The number of nitrogens with one attached hydrogen (secondary N) is 2. The first-order valence-corrected chi connectivity index (χ1v) is 8.80. The summed E-state index contributed by atoms with van der Waals surface area (Å²) < 4.78 is 10.9. The fourth-order valence-corrected chi connectivity index (χ4v) is 2.42. The van der Waals surface area contributed by atoms with E-state index in [9.17, 15) is 9.90 Å². The zero-order valence-electron chi connectivity index (χ0n) is 15.4. The van der Waals surface area contributed by atoms with E-state index in [1.807, 2.05) is 6.92 Å². The molecule has 0 radical (unpaired) electrons. The number of aromatic nitrogens is 1. The summed E-state index contributed by atoms with van der Waals surface area (Å²) >= 11 is 0. The molecule has 144 valence electrons. The van der Waals surface area contributed by atoms with Crippen LogP contribution in [-0.2, 0) is 4.79 Å². The van der Waals surface area contributed by atoms with Crippen LogP contribution in [0.25, 0.3) is 0 Å². The van der Waals surface area contributed by atoms with Gasteiger partial charge in [-0.1, -0.05) is 0 Å². The fourth-order valence-electron chi connectivity index (χ4n) is 2.42. The number of hydrogen-bond donors (Lipinski definition) is 3. The summed E-state index contributed by atoms with van der Waals surface area (Å²) in [5, 5.41) is 15.3. The molecule has 0 spiro atoms. The maximum absolute atomic E-state index is 12.3. The first kappa shape index (κ1) is 19.0. The van der Waals surface area contributed by atoms with Gasteiger partial charge in [-0.05, 0) is 67.6 Å². The molecule has 7 heteroatoms. The second-order valence-corrected chi connectivity index (χ2v) is 5.81. The molecule has 7 nitrogen and oxygen atoms in total. The molecule has 3 aromatic rings. The molecule has 2 aromatic carbocycles. The molecule has 0 aliphatic heterocycles. The lowest BCUT2D eigenvalue weighted by atomic mass is 10.3. The number of benzene rings is 2. The lowest BCUT2D eigenvalue weighted by Crippen LogP contribution is -2.21. The molecule has 3 N–H and O–H groups in total. The Morgan fingerprint density at radius 3 is 2.36 bits per heavy atom. The Morgan fingerprint density at radius 2 is 1.68 bits per heavy atom. The molecule has 0 saturated heterocycles. The Bertz CT molecular complexity index is 912. The molecular weight excluding hydrogens is 358 g/mol. The molecule has 0 fully saturated rings. The number of phenols is 1. The third-order valence-electron chi connectivity index (χ3n) is 3.72. The zero-order valence-corrected chi connectivity index (χ0v) is 15.4. The van der Waals surface area contributed by atoms with Crippen molar-refractivity contribution in [1.82, 2.24) is 4.98 Å². The number of carbonyl (C=O) groups excluding carboxylic acids is 1. The number of anilines is 3. The molecule has 0 aliphatic rings. The van der Waals surface area contributed by atoms with Crippen LogP contribution in [-0.4, -0.2) is 29.2 Å². The van der Waals surface area contributed by atoms with Crippen LogP contribution in [0.15, 0.2) is 66.9 Å². The van der Waals surface area contributed by atoms with Crippen molar-refractivity contribution in [3.05, 3.63) is 66.9 Å². The van der Waals surface area contributed by atoms with E-state index in [-0.39, 0.29) is 18.3 Å². The van der Waals surface area contributed by atoms with Crippen molar-refractivity contribution in [2.24, 2.45) is 0 Å². The largest absolute Gasteiger partial charge is 0.508 e. The SMILES string of the molecule is CCOc1ccc(OCC(=O)Nc2cccnc2Nc2ccc(O)cc2)cc1. The summed E-state index contributed by atoms with van der Waals surface area (Å²) in [5.74, 6) is 1.68. The third-order valence-corrected chi connectivity index (χ3v) is 3.72. The summed E-state index contributed by atoms with van der Waals surface area (Å²) in [4.78, 5) is 16.5. The van der Waals surface area contributed by atoms with Crippen molar-refractivity contribution in [3.8, 4) is 17.2 Å². The van der Waals surface area contributed by atoms with Gasteiger partial charge in [0.05, 0.1) is 12.3 Å². The average Bonchev–Trinajstić information content (AvgIpc) is 2.71. The predicted molar refractivity (Wildman–Crippen MR) is 107 cm³/mol. The fraction of sp³-hybridized carbons (Fsp3) is 0.143. The summed E-state index contributed by atoms with van der Waals surface area (Å²) in [6.45, 7) is 2.37. The molecule has 0 atom stereocenters. The highest BCUT2D eigenvalue weighted by Gasteiger charge is 2.09. The number of rotatable bonds is 8. The van der Waals surface area contributed by atoms with Crippen LogP contribution in [0.3, 0.4) is 0 Å². The van der Waals surface area contributed by atoms with E-state index in [2.05, 4.69) is 15.6 Å². The van der Waals surface area contributed by atoms with Crippen LogP contribution >= 0.6 is 0 Å². The first-order chi connectivity index (χ1) is 13.6. The third kappa shape index (κ3) is 5.38. The van der Waals surface area contributed by atoms with Crippen LogP contribution in [0.5, 0.6) is 17.2 Å². The van der Waals surface area contributed by atoms with Crippen molar-refractivity contribution < 1.29 is 19.4 Å². The number of ether oxygens (including phenoxy) is 2. The van der Waals surface area contributed by atoms with Crippen LogP contribution < -0.4 is 20.1 Å². The molecule has 0 bridgehead atoms. The molecule has 0 aliphatic carbocycles. The quantitative estimate of drug-likeness (QED) is 0.513. The van der Waals surface area contributed by atoms with Crippen molar-refractivity contribution in [1.29, 1.82) is 0 Å². The van der Waals surface area contributed by atoms with Gasteiger partial charge in [-0.2, -0.15) is 0 Å². The minimum absolute atomic E-state index is 0.137. The number of aromatic hydroxyl groups is 1. The van der Waals surface area contributed by atoms with E-state index in [0.717, 1.165) is 11.4 Å². The van der Waals surface area contributed by atoms with Crippen LogP contribution in [0.2, 0.25) is 0 Å². The van der Waals surface area contributed by atoms with E-state index in [1.165, 1.54) is 0 Å². The summed E-state index contributed by atoms with van der Waals surface area (Å²) in [6.07, 6.45) is 1.62. The van der Waals surface area contributed by atoms with Gasteiger partial charge < -0.3 is 25.2 Å². The van der Waals surface area contributed by atoms with E-state index >= 15 is 0 Å². The minimum atomic E-state index is -0.310. The summed E-state index contributed by atoms with van der Waals surface area (Å²) in [7, 11) is 0. The maximum atomic E-state index is 12.3. The normalized spacial score (nSPS) is 10.2. The van der Waals surface area contributed by atoms with Crippen molar-refractivity contribution in [2.75, 3.05) is 23.8 Å². The van der Waals surface area contributed by atoms with Gasteiger partial charge in [0.25, 0.3) is 5.91 Å². The molecule has 3 rings (SSSR count). The number of pyridine rings is 1. The second kappa shape index (κ2) is 9.27. The average molecular weight is 379 g/mol. The smallest absolute Gasteiger partial charge is 0.262 e. The first-order valence-electron chi connectivity index (χ1n) is 8.80. The number of carbonyl (C=O) groups is 1. The maximum Gasteiger partial charge on any atom is 0.262 e. The lowest BCUT2D eigenvalue weighted by molar-refractivity contribution is -0.118. The van der Waals surface area contributed by atoms with Gasteiger partial charge in [-0.3, -0.25) is 4.79 Å². The van der Waals surface area contributed by atoms with Crippen molar-refractivity contribution in [3.63, 3.8) is 0 Å². The van der Waals surface area contributed by atoms with Crippen LogP contribution in [0.4, 0.5) is 17.2 Å². The second-order valence-electron chi connectivity index (χ2n) is 5.81. The molecule has 1 aromatic heterocycles. The van der Waals surface area contributed by atoms with Gasteiger partial charge in [0.15, 0.2) is 12.4 Å². The van der Waals surface area contributed by atoms with E-state index in [1.54, 1.807) is 66.9 Å². The van der Waals surface area contributed by atoms with E-state index in [0.29, 0.717) is 23.9 Å². The monoisotopic (exact) mass is 379 g/mol. The van der Waals surface area contributed by atoms with Gasteiger partial charge in [-0.25, -0.2) is 4.98 Å². The number of amides is 1. The molecule has 1 amide bonds. The molecule has 0 unspecified atom stereocenters. The Morgan fingerprint density at radius 1 is 1.00 bits per heavy atom. The lowest BCUT2D eigenvalue weighted by Gasteiger charge is -2.12. The highest BCUT2D eigenvalue weighted by atomic mass is 16.5. The molecule has 1 heterocycles. The van der Waals surface area contributed by atoms with E-state index < -0.39 is 0 Å². The van der Waals surface area contributed by atoms with Crippen LogP contribution in [0, 0.1) is 0 Å². The molecular formula is C21H21N3O4. The Kier molecular flexibility index (Phi) is 6.30. The van der Waals surface area contributed by atoms with Gasteiger partial charge in [0.1, 0.15) is 17.2 Å². The number of hydrogen-bond acceptors (Lipinski definition) is 6. The molecule has 0 saturated carbocycles. The number of nitrogens with zero attached hydrogens (tertiary/aromatic N) is 1. The Balaban J connectivity index is 1.58. The summed E-state index contributed by atoms with van der Waals surface area (Å²) in [6, 6.07) is 17.1. The van der Waals surface area contributed by atoms with Gasteiger partial charge in [-0.15, -0.1) is 0 Å². The Hall–Kier alpha value is -3.74. The summed E-state index contributed by atoms with van der Waals surface area (Å²) in [5.41, 5.74) is 1.26. The highest BCUT2D eigenvalue weighted by Crippen LogP contribution is 2.24. The van der Waals surface area contributed by atoms with Crippen LogP contribution in [0.1, 0.15) is 6.92 Å². The standard InChI is InChI=1S/C21H21N3O4/c1-2-27-17-9-11-18(12-10-17)28-14-20(26)24-19-4-3-13-22-21(19)23-15-5-7-16(25)8-6-15/h3-13,25H,2,14H2,1H3,(H,22,23)(H,24,26). The van der Waals surface area contributed by atoms with E-state index in [4.69, 9.17) is 9.47 Å². The van der Waals surface area contributed by atoms with Crippen molar-refractivity contribution >= 4 is 23.1 Å². The molecule has 28 heavy (non-hydrogen) atoms. The minimum Gasteiger partial charge on any atom is -0.508 e. The number of phenolic OH excluding ortho intramolecular Hbond substituents is 1. The van der Waals surface area contributed by atoms with Gasteiger partial charge >= 0.3 is 0 Å². The zero-order chi connectivity index (χ0) is 19.8. The van der Waals surface area contributed by atoms with Gasteiger partial charge in [0.2, 0.25) is 0 Å². The predicted octanol–water partition coefficient (Wildman–Crippen LogP) is 3.95. The topological polar surface area (TPSA) is 92.7 Å². The van der Waals surface area contributed by atoms with Gasteiger partial charge in [0, 0.05) is 11.9 Å². The van der Waals surface area contributed by atoms with Crippen molar-refractivity contribution in [2.45, 2.75) is 6.92 Å².